The third-order valence-corrected chi connectivity index (χ3v) is 2.77. The summed E-state index contributed by atoms with van der Waals surface area (Å²) in [4.78, 5) is 0. The Bertz CT molecular complexity index is 385. The van der Waals surface area contributed by atoms with Crippen LogP contribution >= 0.6 is 11.6 Å². The van der Waals surface area contributed by atoms with Crippen molar-refractivity contribution in [3.8, 4) is 0 Å². The van der Waals surface area contributed by atoms with Crippen molar-refractivity contribution < 1.29 is 13.2 Å². The molecule has 0 unspecified atom stereocenters. The molecule has 0 aliphatic heterocycles. The largest absolute Gasteiger partial charge is 0.416 e. The third-order valence-electron chi connectivity index (χ3n) is 2.27. The van der Waals surface area contributed by atoms with E-state index in [0.29, 0.717) is 0 Å². The summed E-state index contributed by atoms with van der Waals surface area (Å²) in [6.07, 6.45) is -4.11. The topological polar surface area (TPSA) is 26.0 Å². The normalized spacial score (nSPS) is 11.9. The van der Waals surface area contributed by atoms with Crippen LogP contribution in [0.3, 0.4) is 0 Å². The smallest absolute Gasteiger partial charge is 0.398 e. The number of nitrogen functional groups attached to an aromatic ring is 1. The van der Waals surface area contributed by atoms with Crippen LogP contribution in [0.15, 0.2) is 6.07 Å². The number of rotatable bonds is 1. The third kappa shape index (κ3) is 2.20. The summed E-state index contributed by atoms with van der Waals surface area (Å²) in [7, 11) is 0. The lowest BCUT2D eigenvalue weighted by molar-refractivity contribution is -0.138. The predicted octanol–water partition coefficient (Wildman–Crippen LogP) is 3.81. The van der Waals surface area contributed by atoms with Crippen LogP contribution in [0.2, 0.25) is 5.02 Å². The second-order valence-corrected chi connectivity index (χ2v) is 3.67. The van der Waals surface area contributed by atoms with Gasteiger partial charge in [-0.15, -0.1) is 0 Å². The van der Waals surface area contributed by atoms with Crippen LogP contribution in [-0.4, -0.2) is 0 Å². The molecule has 0 atom stereocenters. The number of alkyl halides is 3. The van der Waals surface area contributed by atoms with Gasteiger partial charge in [-0.3, -0.25) is 0 Å². The molecule has 0 aromatic heterocycles. The van der Waals surface area contributed by atoms with Crippen molar-refractivity contribution in [2.24, 2.45) is 0 Å². The highest BCUT2D eigenvalue weighted by Gasteiger charge is 2.35. The molecule has 1 rings (SSSR count). The molecule has 5 heteroatoms. The number of benzene rings is 1. The molecule has 0 aliphatic carbocycles. The standard InChI is InChI=1S/C10H11ClF3N/c1-3-6-4-7(15)9(11)5(2)8(6)10(12,13)14/h4H,3,15H2,1-2H3. The second kappa shape index (κ2) is 3.93. The Labute approximate surface area is 91.0 Å². The number of anilines is 1. The van der Waals surface area contributed by atoms with E-state index in [0.717, 1.165) is 0 Å². The molecule has 1 nitrogen and oxygen atoms in total. The van der Waals surface area contributed by atoms with E-state index in [1.54, 1.807) is 6.92 Å². The average Bonchev–Trinajstić information content (AvgIpc) is 2.11. The van der Waals surface area contributed by atoms with E-state index in [-0.39, 0.29) is 28.3 Å². The first-order valence-corrected chi connectivity index (χ1v) is 4.81. The van der Waals surface area contributed by atoms with Crippen molar-refractivity contribution in [1.82, 2.24) is 0 Å². The van der Waals surface area contributed by atoms with Crippen molar-refractivity contribution in [3.63, 3.8) is 0 Å². The molecule has 1 aromatic carbocycles. The summed E-state index contributed by atoms with van der Waals surface area (Å²) < 4.78 is 38.1. The minimum Gasteiger partial charge on any atom is -0.398 e. The van der Waals surface area contributed by atoms with Crippen molar-refractivity contribution in [1.29, 1.82) is 0 Å². The molecule has 0 saturated carbocycles. The van der Waals surface area contributed by atoms with E-state index in [1.165, 1.54) is 13.0 Å². The summed E-state index contributed by atoms with van der Waals surface area (Å²) in [5.41, 5.74) is 5.22. The van der Waals surface area contributed by atoms with Gasteiger partial charge in [0, 0.05) is 0 Å². The Kier molecular flexibility index (Phi) is 3.19. The highest BCUT2D eigenvalue weighted by molar-refractivity contribution is 6.34. The van der Waals surface area contributed by atoms with Gasteiger partial charge < -0.3 is 5.73 Å². The Morgan fingerprint density at radius 1 is 1.40 bits per heavy atom. The average molecular weight is 238 g/mol. The monoisotopic (exact) mass is 237 g/mol. The van der Waals surface area contributed by atoms with E-state index in [2.05, 4.69) is 0 Å². The molecule has 0 spiro atoms. The molecule has 0 aliphatic rings. The van der Waals surface area contributed by atoms with Gasteiger partial charge in [0.2, 0.25) is 0 Å². The highest BCUT2D eigenvalue weighted by atomic mass is 35.5. The summed E-state index contributed by atoms with van der Waals surface area (Å²) in [5.74, 6) is 0. The maximum Gasteiger partial charge on any atom is 0.416 e. The molecule has 84 valence electrons. The Balaban J connectivity index is 3.55. The first kappa shape index (κ1) is 12.2. The van der Waals surface area contributed by atoms with Crippen molar-refractivity contribution in [3.05, 3.63) is 27.8 Å². The molecular weight excluding hydrogens is 227 g/mol. The second-order valence-electron chi connectivity index (χ2n) is 3.29. The SMILES string of the molecule is CCc1cc(N)c(Cl)c(C)c1C(F)(F)F. The summed E-state index contributed by atoms with van der Waals surface area (Å²) in [6, 6.07) is 1.29. The molecule has 2 N–H and O–H groups in total. The molecule has 0 bridgehead atoms. The fraction of sp³-hybridized carbons (Fsp3) is 0.400. The van der Waals surface area contributed by atoms with E-state index >= 15 is 0 Å². The summed E-state index contributed by atoms with van der Waals surface area (Å²) in [5, 5.41) is -0.0143. The van der Waals surface area contributed by atoms with Gasteiger partial charge in [0.05, 0.1) is 16.3 Å². The zero-order valence-electron chi connectivity index (χ0n) is 8.37. The van der Waals surface area contributed by atoms with E-state index in [4.69, 9.17) is 17.3 Å². The number of halogens is 4. The first-order chi connectivity index (χ1) is 6.79. The van der Waals surface area contributed by atoms with Crippen molar-refractivity contribution in [2.75, 3.05) is 5.73 Å². The van der Waals surface area contributed by atoms with Crippen LogP contribution in [0, 0.1) is 6.92 Å². The van der Waals surface area contributed by atoms with Gasteiger partial charge in [-0.1, -0.05) is 18.5 Å². The van der Waals surface area contributed by atoms with Gasteiger partial charge in [-0.25, -0.2) is 0 Å². The van der Waals surface area contributed by atoms with E-state index < -0.39 is 11.7 Å². The number of hydrogen-bond acceptors (Lipinski definition) is 1. The molecule has 0 saturated heterocycles. The molecule has 0 fully saturated rings. The van der Waals surface area contributed by atoms with Gasteiger partial charge in [0.15, 0.2) is 0 Å². The van der Waals surface area contributed by atoms with Crippen LogP contribution in [-0.2, 0) is 12.6 Å². The molecule has 0 amide bonds. The molecule has 0 heterocycles. The van der Waals surface area contributed by atoms with Crippen molar-refractivity contribution >= 4 is 17.3 Å². The zero-order valence-corrected chi connectivity index (χ0v) is 9.13. The molecule has 0 radical (unpaired) electrons. The quantitative estimate of drug-likeness (QED) is 0.739. The maximum absolute atomic E-state index is 12.7. The van der Waals surface area contributed by atoms with Crippen LogP contribution in [0.4, 0.5) is 18.9 Å². The van der Waals surface area contributed by atoms with Gasteiger partial charge in [0.1, 0.15) is 0 Å². The molecule has 1 aromatic rings. The van der Waals surface area contributed by atoms with Crippen LogP contribution in [0.1, 0.15) is 23.6 Å². The lowest BCUT2D eigenvalue weighted by Crippen LogP contribution is -2.12. The summed E-state index contributed by atoms with van der Waals surface area (Å²) in [6.45, 7) is 2.98. The highest BCUT2D eigenvalue weighted by Crippen LogP contribution is 2.39. The first-order valence-electron chi connectivity index (χ1n) is 4.43. The van der Waals surface area contributed by atoms with Crippen LogP contribution in [0.5, 0.6) is 0 Å². The Hall–Kier alpha value is -0.900. The minimum atomic E-state index is -4.38. The number of hydrogen-bond donors (Lipinski definition) is 1. The lowest BCUT2D eigenvalue weighted by atomic mass is 9.98. The van der Waals surface area contributed by atoms with E-state index in [9.17, 15) is 13.2 Å². The summed E-state index contributed by atoms with van der Waals surface area (Å²) >= 11 is 5.69. The van der Waals surface area contributed by atoms with Gasteiger partial charge in [0.25, 0.3) is 0 Å². The molecule has 15 heavy (non-hydrogen) atoms. The maximum atomic E-state index is 12.7. The van der Waals surface area contributed by atoms with E-state index in [1.807, 2.05) is 0 Å². The van der Waals surface area contributed by atoms with Gasteiger partial charge in [-0.2, -0.15) is 13.2 Å². The number of aryl methyl sites for hydroxylation is 1. The number of nitrogens with two attached hydrogens (primary N) is 1. The fourth-order valence-electron chi connectivity index (χ4n) is 1.56. The Morgan fingerprint density at radius 2 is 1.93 bits per heavy atom. The molecular formula is C10H11ClF3N. The van der Waals surface area contributed by atoms with Gasteiger partial charge >= 0.3 is 6.18 Å². The van der Waals surface area contributed by atoms with Crippen molar-refractivity contribution in [2.45, 2.75) is 26.4 Å². The van der Waals surface area contributed by atoms with Crippen LogP contribution < -0.4 is 5.73 Å². The zero-order chi connectivity index (χ0) is 11.8. The van der Waals surface area contributed by atoms with Gasteiger partial charge in [-0.05, 0) is 30.5 Å². The Morgan fingerprint density at radius 3 is 2.33 bits per heavy atom. The predicted molar refractivity (Wildman–Crippen MR) is 55.0 cm³/mol. The van der Waals surface area contributed by atoms with Crippen LogP contribution in [0.25, 0.3) is 0 Å². The minimum absolute atomic E-state index is 0.000941. The fourth-order valence-corrected chi connectivity index (χ4v) is 1.71. The lowest BCUT2D eigenvalue weighted by Gasteiger charge is -2.17.